The first-order valence-electron chi connectivity index (χ1n) is 5.53. The van der Waals surface area contributed by atoms with Crippen molar-refractivity contribution >= 4 is 5.91 Å². The quantitative estimate of drug-likeness (QED) is 0.348. The van der Waals surface area contributed by atoms with Crippen molar-refractivity contribution in [3.63, 3.8) is 0 Å². The predicted octanol–water partition coefficient (Wildman–Crippen LogP) is 1.87. The summed E-state index contributed by atoms with van der Waals surface area (Å²) in [6.07, 6.45) is 6.41. The van der Waals surface area contributed by atoms with Crippen LogP contribution in [0.5, 0.6) is 0 Å². The van der Waals surface area contributed by atoms with Crippen molar-refractivity contribution < 1.29 is 4.79 Å². The normalized spacial score (nSPS) is 10.1. The van der Waals surface area contributed by atoms with Gasteiger partial charge in [0.25, 0.3) is 0 Å². The fourth-order valence-electron chi connectivity index (χ4n) is 1.42. The highest BCUT2D eigenvalue weighted by molar-refractivity contribution is 5.91. The van der Waals surface area contributed by atoms with Crippen molar-refractivity contribution in [1.82, 2.24) is 4.90 Å². The van der Waals surface area contributed by atoms with Gasteiger partial charge < -0.3 is 5.73 Å². The second-order valence-corrected chi connectivity index (χ2v) is 3.76. The van der Waals surface area contributed by atoms with Crippen molar-refractivity contribution in [2.45, 2.75) is 19.3 Å². The number of carbonyl (C=O) groups excluding carboxylic acids is 1. The lowest BCUT2D eigenvalue weighted by molar-refractivity contribution is -0.114. The van der Waals surface area contributed by atoms with Crippen molar-refractivity contribution in [3.8, 4) is 0 Å². The largest absolute Gasteiger partial charge is 0.366 e. The van der Waals surface area contributed by atoms with E-state index in [-0.39, 0.29) is 0 Å². The van der Waals surface area contributed by atoms with Crippen molar-refractivity contribution in [3.05, 3.63) is 37.5 Å². The summed E-state index contributed by atoms with van der Waals surface area (Å²) in [6.45, 7) is 13.7. The molecule has 3 heteroatoms. The maximum Gasteiger partial charge on any atom is 0.244 e. The first-order valence-corrected chi connectivity index (χ1v) is 5.53. The van der Waals surface area contributed by atoms with Crippen molar-refractivity contribution in [1.29, 1.82) is 0 Å². The third-order valence-corrected chi connectivity index (χ3v) is 2.33. The summed E-state index contributed by atoms with van der Waals surface area (Å²) in [6, 6.07) is 0. The van der Waals surface area contributed by atoms with Crippen LogP contribution < -0.4 is 5.73 Å². The first-order chi connectivity index (χ1) is 7.61. The third-order valence-electron chi connectivity index (χ3n) is 2.33. The Morgan fingerprint density at radius 1 is 1.19 bits per heavy atom. The van der Waals surface area contributed by atoms with Crippen LogP contribution in [0.25, 0.3) is 0 Å². The zero-order valence-electron chi connectivity index (χ0n) is 9.95. The lowest BCUT2D eigenvalue weighted by atomic mass is 10.1. The Labute approximate surface area is 98.3 Å². The molecule has 1 amide bonds. The van der Waals surface area contributed by atoms with Gasteiger partial charge in [0.2, 0.25) is 5.91 Å². The summed E-state index contributed by atoms with van der Waals surface area (Å²) in [7, 11) is 0. The fraction of sp³-hybridized carbons (Fsp3) is 0.462. The van der Waals surface area contributed by atoms with E-state index in [1.165, 1.54) is 0 Å². The van der Waals surface area contributed by atoms with Gasteiger partial charge in [-0.05, 0) is 25.8 Å². The number of carbonyl (C=O) groups is 1. The van der Waals surface area contributed by atoms with Crippen LogP contribution in [0.15, 0.2) is 37.5 Å². The summed E-state index contributed by atoms with van der Waals surface area (Å²) < 4.78 is 0. The van der Waals surface area contributed by atoms with Gasteiger partial charge in [-0.2, -0.15) is 0 Å². The highest BCUT2D eigenvalue weighted by atomic mass is 16.1. The van der Waals surface area contributed by atoms with Crippen molar-refractivity contribution in [2.75, 3.05) is 19.6 Å². The monoisotopic (exact) mass is 222 g/mol. The van der Waals surface area contributed by atoms with Crippen LogP contribution in [-0.4, -0.2) is 30.4 Å². The Hall–Kier alpha value is -1.35. The molecule has 0 unspecified atom stereocenters. The van der Waals surface area contributed by atoms with E-state index in [0.29, 0.717) is 12.0 Å². The lowest BCUT2D eigenvalue weighted by Gasteiger charge is -2.18. The molecule has 0 bridgehead atoms. The summed E-state index contributed by atoms with van der Waals surface area (Å²) in [5.74, 6) is -0.394. The second-order valence-electron chi connectivity index (χ2n) is 3.76. The molecule has 0 rings (SSSR count). The zero-order chi connectivity index (χ0) is 12.4. The number of hydrogen-bond donors (Lipinski definition) is 1. The fourth-order valence-corrected chi connectivity index (χ4v) is 1.42. The molecular weight excluding hydrogens is 200 g/mol. The topological polar surface area (TPSA) is 46.3 Å². The summed E-state index contributed by atoms with van der Waals surface area (Å²) in [5.41, 5.74) is 5.61. The molecule has 2 N–H and O–H groups in total. The van der Waals surface area contributed by atoms with Crippen LogP contribution in [0.2, 0.25) is 0 Å². The highest BCUT2D eigenvalue weighted by Crippen LogP contribution is 2.05. The van der Waals surface area contributed by atoms with Gasteiger partial charge in [-0.15, -0.1) is 13.2 Å². The molecule has 0 heterocycles. The Morgan fingerprint density at radius 2 is 1.75 bits per heavy atom. The van der Waals surface area contributed by atoms with Crippen molar-refractivity contribution in [2.24, 2.45) is 5.73 Å². The molecule has 0 saturated heterocycles. The van der Waals surface area contributed by atoms with E-state index < -0.39 is 5.91 Å². The summed E-state index contributed by atoms with van der Waals surface area (Å²) in [5, 5.41) is 0. The van der Waals surface area contributed by atoms with E-state index in [1.807, 2.05) is 12.2 Å². The summed E-state index contributed by atoms with van der Waals surface area (Å²) in [4.78, 5) is 13.0. The molecule has 0 radical (unpaired) electrons. The number of nitrogens with zero attached hydrogens (tertiary/aromatic N) is 1. The van der Waals surface area contributed by atoms with Crippen LogP contribution >= 0.6 is 0 Å². The van der Waals surface area contributed by atoms with Crippen LogP contribution in [0.1, 0.15) is 19.3 Å². The smallest absolute Gasteiger partial charge is 0.244 e. The first kappa shape index (κ1) is 14.6. The maximum atomic E-state index is 10.7. The minimum Gasteiger partial charge on any atom is -0.366 e. The van der Waals surface area contributed by atoms with E-state index in [2.05, 4.69) is 24.6 Å². The highest BCUT2D eigenvalue weighted by Gasteiger charge is 2.03. The van der Waals surface area contributed by atoms with E-state index in [1.54, 1.807) is 0 Å². The van der Waals surface area contributed by atoms with Gasteiger partial charge in [-0.1, -0.05) is 18.7 Å². The van der Waals surface area contributed by atoms with Crippen LogP contribution in [-0.2, 0) is 4.79 Å². The average molecular weight is 222 g/mol. The third kappa shape index (κ3) is 7.01. The molecule has 0 aromatic rings. The standard InChI is InChI=1S/C13H22N2O/c1-4-9-15(10-5-2)11-7-6-8-12(3)13(14)16/h4-5H,1-3,6-11H2,(H2,14,16). The molecule has 0 fully saturated rings. The van der Waals surface area contributed by atoms with Gasteiger partial charge in [-0.3, -0.25) is 9.69 Å². The Kier molecular flexibility index (Phi) is 8.17. The number of primary amides is 1. The number of unbranched alkanes of at least 4 members (excludes halogenated alkanes) is 1. The molecule has 90 valence electrons. The van der Waals surface area contributed by atoms with Crippen LogP contribution in [0, 0.1) is 0 Å². The maximum absolute atomic E-state index is 10.7. The van der Waals surface area contributed by atoms with E-state index in [0.717, 1.165) is 32.5 Å². The minimum atomic E-state index is -0.394. The Bertz CT molecular complexity index is 249. The molecule has 0 aliphatic rings. The molecule has 3 nitrogen and oxygen atoms in total. The molecular formula is C13H22N2O. The van der Waals surface area contributed by atoms with E-state index in [9.17, 15) is 4.79 Å². The molecule has 16 heavy (non-hydrogen) atoms. The molecule has 0 aliphatic carbocycles. The molecule has 0 spiro atoms. The van der Waals surface area contributed by atoms with Gasteiger partial charge in [0, 0.05) is 18.7 Å². The number of nitrogens with two attached hydrogens (primary N) is 1. The molecule has 0 saturated carbocycles. The van der Waals surface area contributed by atoms with Crippen LogP contribution in [0.4, 0.5) is 0 Å². The average Bonchev–Trinajstić information content (AvgIpc) is 2.24. The van der Waals surface area contributed by atoms with Gasteiger partial charge >= 0.3 is 0 Å². The van der Waals surface area contributed by atoms with Gasteiger partial charge in [0.15, 0.2) is 0 Å². The van der Waals surface area contributed by atoms with E-state index in [4.69, 9.17) is 5.73 Å². The Morgan fingerprint density at radius 3 is 2.19 bits per heavy atom. The zero-order valence-corrected chi connectivity index (χ0v) is 9.95. The minimum absolute atomic E-state index is 0.394. The Balaban J connectivity index is 3.68. The number of hydrogen-bond acceptors (Lipinski definition) is 2. The second kappa shape index (κ2) is 8.92. The van der Waals surface area contributed by atoms with Gasteiger partial charge in [-0.25, -0.2) is 0 Å². The number of amides is 1. The van der Waals surface area contributed by atoms with Gasteiger partial charge in [0.05, 0.1) is 0 Å². The molecule has 0 aliphatic heterocycles. The van der Waals surface area contributed by atoms with Gasteiger partial charge in [0.1, 0.15) is 0 Å². The molecule has 0 atom stereocenters. The van der Waals surface area contributed by atoms with Crippen LogP contribution in [0.3, 0.4) is 0 Å². The molecule has 0 aromatic heterocycles. The molecule has 0 aromatic carbocycles. The summed E-state index contributed by atoms with van der Waals surface area (Å²) >= 11 is 0. The SMILES string of the molecule is C=CCN(CC=C)CCCCC(=C)C(N)=O. The number of rotatable bonds is 10. The lowest BCUT2D eigenvalue weighted by Crippen LogP contribution is -2.25. The van der Waals surface area contributed by atoms with E-state index >= 15 is 0 Å². The predicted molar refractivity (Wildman–Crippen MR) is 69.0 cm³/mol.